The summed E-state index contributed by atoms with van der Waals surface area (Å²) in [6.45, 7) is 3.56. The number of hydrogen-bond donors (Lipinski definition) is 2. The van der Waals surface area contributed by atoms with E-state index in [-0.39, 0.29) is 11.5 Å². The van der Waals surface area contributed by atoms with Gasteiger partial charge in [0.1, 0.15) is 11.6 Å². The third kappa shape index (κ3) is 3.86. The second-order valence-electron chi connectivity index (χ2n) is 4.68. The van der Waals surface area contributed by atoms with Crippen molar-refractivity contribution in [3.05, 3.63) is 51.7 Å². The van der Waals surface area contributed by atoms with Gasteiger partial charge in [0.2, 0.25) is 5.91 Å². The Morgan fingerprint density at radius 2 is 1.95 bits per heavy atom. The average Bonchev–Trinajstić information content (AvgIpc) is 2.82. The van der Waals surface area contributed by atoms with Crippen molar-refractivity contribution in [2.24, 2.45) is 0 Å². The van der Waals surface area contributed by atoms with Gasteiger partial charge in [0.25, 0.3) is 0 Å². The van der Waals surface area contributed by atoms with Crippen molar-refractivity contribution in [2.45, 2.75) is 26.4 Å². The first-order valence-electron chi connectivity index (χ1n) is 6.50. The molecule has 1 atom stereocenters. The van der Waals surface area contributed by atoms with Gasteiger partial charge in [-0.1, -0.05) is 6.07 Å². The van der Waals surface area contributed by atoms with Gasteiger partial charge in [-0.15, -0.1) is 11.3 Å². The first-order chi connectivity index (χ1) is 9.99. The predicted molar refractivity (Wildman–Crippen MR) is 80.2 cm³/mol. The van der Waals surface area contributed by atoms with E-state index in [0.29, 0.717) is 6.54 Å². The van der Waals surface area contributed by atoms with Gasteiger partial charge in [-0.2, -0.15) is 0 Å². The Balaban J connectivity index is 2.06. The molecule has 0 bridgehead atoms. The normalized spacial score (nSPS) is 12.2. The lowest BCUT2D eigenvalue weighted by molar-refractivity contribution is -0.114. The third-order valence-electron chi connectivity index (χ3n) is 3.06. The van der Waals surface area contributed by atoms with E-state index in [0.717, 1.165) is 10.6 Å². The molecule has 0 saturated carbocycles. The Hall–Kier alpha value is -1.79. The lowest BCUT2D eigenvalue weighted by Gasteiger charge is -2.16. The fourth-order valence-electron chi connectivity index (χ4n) is 2.05. The predicted octanol–water partition coefficient (Wildman–Crippen LogP) is 3.84. The minimum Gasteiger partial charge on any atom is -0.325 e. The molecule has 0 aliphatic rings. The minimum atomic E-state index is -0.566. The smallest absolute Gasteiger partial charge is 0.221 e. The maximum atomic E-state index is 13.7. The zero-order valence-corrected chi connectivity index (χ0v) is 12.6. The number of anilines is 1. The van der Waals surface area contributed by atoms with E-state index >= 15 is 0 Å². The molecule has 0 radical (unpaired) electrons. The molecule has 6 heteroatoms. The molecule has 1 aromatic carbocycles. The summed E-state index contributed by atoms with van der Waals surface area (Å²) in [6, 6.07) is 5.15. The second-order valence-corrected chi connectivity index (χ2v) is 5.68. The van der Waals surface area contributed by atoms with Crippen LogP contribution in [0.5, 0.6) is 0 Å². The summed E-state index contributed by atoms with van der Waals surface area (Å²) in [4.78, 5) is 12.0. The van der Waals surface area contributed by atoms with Gasteiger partial charge in [-0.25, -0.2) is 8.78 Å². The van der Waals surface area contributed by atoms with E-state index in [1.807, 2.05) is 5.38 Å². The average molecular weight is 310 g/mol. The number of carbonyl (C=O) groups is 1. The first-order valence-corrected chi connectivity index (χ1v) is 7.38. The third-order valence-corrected chi connectivity index (χ3v) is 3.98. The van der Waals surface area contributed by atoms with Crippen molar-refractivity contribution in [2.75, 3.05) is 5.32 Å². The zero-order valence-electron chi connectivity index (χ0n) is 11.7. The Morgan fingerprint density at radius 1 is 1.29 bits per heavy atom. The molecule has 2 N–H and O–H groups in total. The van der Waals surface area contributed by atoms with Crippen LogP contribution in [-0.2, 0) is 11.3 Å². The summed E-state index contributed by atoms with van der Waals surface area (Å²) < 4.78 is 27.4. The quantitative estimate of drug-likeness (QED) is 0.881. The first kappa shape index (κ1) is 15.6. The molecule has 0 saturated heterocycles. The highest BCUT2D eigenvalue weighted by Crippen LogP contribution is 2.25. The lowest BCUT2D eigenvalue weighted by Crippen LogP contribution is -2.20. The standard InChI is InChI=1S/C15H16F2N2OS/c1-9(15-11(16)4-3-5-12(15)17)18-8-14-13(6-7-21-14)19-10(2)20/h3-7,9,18H,8H2,1-2H3,(H,19,20). The minimum absolute atomic E-state index is 0.0233. The molecule has 1 unspecified atom stereocenters. The topological polar surface area (TPSA) is 41.1 Å². The van der Waals surface area contributed by atoms with Crippen LogP contribution in [-0.4, -0.2) is 5.91 Å². The summed E-state index contributed by atoms with van der Waals surface area (Å²) in [7, 11) is 0. The lowest BCUT2D eigenvalue weighted by atomic mass is 10.1. The Morgan fingerprint density at radius 3 is 2.57 bits per heavy atom. The molecule has 2 rings (SSSR count). The molecule has 0 aliphatic carbocycles. The molecule has 0 aliphatic heterocycles. The molecular formula is C15H16F2N2OS. The van der Waals surface area contributed by atoms with Crippen LogP contribution in [0, 0.1) is 11.6 Å². The van der Waals surface area contributed by atoms with Crippen LogP contribution in [0.4, 0.5) is 14.5 Å². The van der Waals surface area contributed by atoms with Crippen LogP contribution < -0.4 is 10.6 Å². The van der Waals surface area contributed by atoms with Crippen LogP contribution in [0.1, 0.15) is 30.3 Å². The summed E-state index contributed by atoms with van der Waals surface area (Å²) in [5.74, 6) is -1.28. The molecule has 0 spiro atoms. The molecular weight excluding hydrogens is 294 g/mol. The number of thiophene rings is 1. The molecule has 1 amide bonds. The van der Waals surface area contributed by atoms with Gasteiger partial charge >= 0.3 is 0 Å². The zero-order chi connectivity index (χ0) is 15.4. The maximum absolute atomic E-state index is 13.7. The summed E-state index contributed by atoms with van der Waals surface area (Å²) in [5, 5.41) is 7.66. The van der Waals surface area contributed by atoms with Crippen molar-refractivity contribution in [1.82, 2.24) is 5.32 Å². The maximum Gasteiger partial charge on any atom is 0.221 e. The molecule has 1 heterocycles. The second kappa shape index (κ2) is 6.78. The summed E-state index contributed by atoms with van der Waals surface area (Å²) >= 11 is 1.47. The van der Waals surface area contributed by atoms with E-state index in [1.54, 1.807) is 13.0 Å². The molecule has 21 heavy (non-hydrogen) atoms. The summed E-state index contributed by atoms with van der Waals surface area (Å²) in [6.07, 6.45) is 0. The molecule has 0 fully saturated rings. The van der Waals surface area contributed by atoms with Crippen LogP contribution in [0.25, 0.3) is 0 Å². The fraction of sp³-hybridized carbons (Fsp3) is 0.267. The van der Waals surface area contributed by atoms with Crippen molar-refractivity contribution < 1.29 is 13.6 Å². The Labute approximate surface area is 126 Å². The van der Waals surface area contributed by atoms with Gasteiger partial charge in [0.05, 0.1) is 5.69 Å². The number of amides is 1. The molecule has 3 nitrogen and oxygen atoms in total. The van der Waals surface area contributed by atoms with Gasteiger partial charge in [-0.3, -0.25) is 4.79 Å². The van der Waals surface area contributed by atoms with Crippen LogP contribution >= 0.6 is 11.3 Å². The number of halogens is 2. The van der Waals surface area contributed by atoms with Crippen molar-refractivity contribution in [3.8, 4) is 0 Å². The highest BCUT2D eigenvalue weighted by Gasteiger charge is 2.16. The van der Waals surface area contributed by atoms with Gasteiger partial charge in [0, 0.05) is 30.0 Å². The number of hydrogen-bond acceptors (Lipinski definition) is 3. The van der Waals surface area contributed by atoms with E-state index < -0.39 is 17.7 Å². The van der Waals surface area contributed by atoms with Crippen LogP contribution in [0.2, 0.25) is 0 Å². The van der Waals surface area contributed by atoms with E-state index in [1.165, 1.54) is 36.5 Å². The number of nitrogens with one attached hydrogen (secondary N) is 2. The van der Waals surface area contributed by atoms with Gasteiger partial charge in [0.15, 0.2) is 0 Å². The highest BCUT2D eigenvalue weighted by atomic mass is 32.1. The molecule has 2 aromatic rings. The van der Waals surface area contributed by atoms with Gasteiger partial charge in [-0.05, 0) is 30.5 Å². The number of rotatable bonds is 5. The van der Waals surface area contributed by atoms with Crippen molar-refractivity contribution in [1.29, 1.82) is 0 Å². The Kier molecular flexibility index (Phi) is 5.03. The monoisotopic (exact) mass is 310 g/mol. The number of benzene rings is 1. The van der Waals surface area contributed by atoms with E-state index in [9.17, 15) is 13.6 Å². The largest absolute Gasteiger partial charge is 0.325 e. The number of carbonyl (C=O) groups excluding carboxylic acids is 1. The van der Waals surface area contributed by atoms with Crippen molar-refractivity contribution >= 4 is 22.9 Å². The summed E-state index contributed by atoms with van der Waals surface area (Å²) in [5.41, 5.74) is 0.747. The van der Waals surface area contributed by atoms with Crippen LogP contribution in [0.3, 0.4) is 0 Å². The van der Waals surface area contributed by atoms with Gasteiger partial charge < -0.3 is 10.6 Å². The highest BCUT2D eigenvalue weighted by molar-refractivity contribution is 7.10. The molecule has 1 aromatic heterocycles. The van der Waals surface area contributed by atoms with E-state index in [2.05, 4.69) is 10.6 Å². The SMILES string of the molecule is CC(=O)Nc1ccsc1CNC(C)c1c(F)cccc1F. The van der Waals surface area contributed by atoms with Crippen molar-refractivity contribution in [3.63, 3.8) is 0 Å². The van der Waals surface area contributed by atoms with E-state index in [4.69, 9.17) is 0 Å². The fourth-order valence-corrected chi connectivity index (χ4v) is 2.83. The van der Waals surface area contributed by atoms with Crippen LogP contribution in [0.15, 0.2) is 29.6 Å². The Bertz CT molecular complexity index is 622. The molecule has 112 valence electrons.